The van der Waals surface area contributed by atoms with Crippen LogP contribution in [0.2, 0.25) is 0 Å². The maximum Gasteiger partial charge on any atom is 0.336 e. The smallest absolute Gasteiger partial charge is 0.336 e. The molecule has 2 N–H and O–H groups in total. The lowest BCUT2D eigenvalue weighted by Crippen LogP contribution is -2.27. The molecule has 0 bridgehead atoms. The van der Waals surface area contributed by atoms with Gasteiger partial charge in [0, 0.05) is 19.0 Å². The number of aromatic nitrogens is 1. The molecule has 1 aromatic heterocycles. The number of hydrogen-bond acceptors (Lipinski definition) is 4. The number of carboxylic acid groups (broad SMARTS) is 1. The van der Waals surface area contributed by atoms with Crippen LogP contribution in [0.3, 0.4) is 0 Å². The first-order chi connectivity index (χ1) is 11.5. The normalized spacial score (nSPS) is 10.7. The van der Waals surface area contributed by atoms with Crippen LogP contribution >= 0.6 is 0 Å². The second-order valence-electron chi connectivity index (χ2n) is 5.49. The van der Waals surface area contributed by atoms with Crippen LogP contribution in [0.5, 0.6) is 0 Å². The Morgan fingerprint density at radius 3 is 2.38 bits per heavy atom. The van der Waals surface area contributed by atoms with E-state index >= 15 is 0 Å². The predicted molar refractivity (Wildman–Crippen MR) is 88.2 cm³/mol. The van der Waals surface area contributed by atoms with Crippen molar-refractivity contribution in [3.05, 3.63) is 65.0 Å². The predicted octanol–water partition coefficient (Wildman–Crippen LogP) is 2.81. The molecule has 3 rings (SSSR count). The fourth-order valence-corrected chi connectivity index (χ4v) is 2.53. The van der Waals surface area contributed by atoms with Gasteiger partial charge in [0.25, 0.3) is 5.91 Å². The van der Waals surface area contributed by atoms with E-state index in [-0.39, 0.29) is 11.1 Å². The summed E-state index contributed by atoms with van der Waals surface area (Å²) in [6, 6.07) is 12.2. The van der Waals surface area contributed by atoms with Crippen LogP contribution < -0.4 is 5.32 Å². The summed E-state index contributed by atoms with van der Waals surface area (Å²) < 4.78 is 5.08. The Morgan fingerprint density at radius 1 is 1.12 bits per heavy atom. The Kier molecular flexibility index (Phi) is 4.29. The molecule has 0 spiro atoms. The van der Waals surface area contributed by atoms with E-state index in [4.69, 9.17) is 4.52 Å². The van der Waals surface area contributed by atoms with Crippen LogP contribution in [0.1, 0.15) is 32.2 Å². The Morgan fingerprint density at radius 2 is 1.79 bits per heavy atom. The third-order valence-electron chi connectivity index (χ3n) is 3.69. The number of carbonyl (C=O) groups is 2. The minimum atomic E-state index is -1.13. The molecule has 1 amide bonds. The van der Waals surface area contributed by atoms with Gasteiger partial charge in [0.2, 0.25) is 0 Å². The number of fused-ring (bicyclic) bond motifs is 1. The molecular weight excluding hydrogens is 308 g/mol. The molecule has 0 aliphatic rings. The zero-order valence-corrected chi connectivity index (χ0v) is 13.1. The van der Waals surface area contributed by atoms with Crippen LogP contribution in [-0.4, -0.2) is 28.7 Å². The number of benzene rings is 2. The first kappa shape index (κ1) is 15.7. The van der Waals surface area contributed by atoms with E-state index in [0.717, 1.165) is 16.5 Å². The van der Waals surface area contributed by atoms with Crippen molar-refractivity contribution in [1.82, 2.24) is 10.5 Å². The van der Waals surface area contributed by atoms with Crippen molar-refractivity contribution in [1.29, 1.82) is 0 Å². The van der Waals surface area contributed by atoms with Gasteiger partial charge in [-0.2, -0.15) is 0 Å². The van der Waals surface area contributed by atoms with Gasteiger partial charge >= 0.3 is 5.97 Å². The number of aryl methyl sites for hydroxylation is 1. The lowest BCUT2D eigenvalue weighted by Gasteiger charge is -2.09. The SMILES string of the molecule is Cc1cc(CCNC(=O)c2cc3ccccc3cc2C(=O)O)on1. The molecule has 0 aliphatic carbocycles. The monoisotopic (exact) mass is 324 g/mol. The minimum absolute atomic E-state index is 0.0123. The van der Waals surface area contributed by atoms with Gasteiger partial charge in [-0.15, -0.1) is 0 Å². The van der Waals surface area contributed by atoms with E-state index in [1.165, 1.54) is 6.07 Å². The molecule has 0 saturated carbocycles. The summed E-state index contributed by atoms with van der Waals surface area (Å²) >= 11 is 0. The Balaban J connectivity index is 1.80. The summed E-state index contributed by atoms with van der Waals surface area (Å²) in [6.45, 7) is 2.15. The maximum atomic E-state index is 12.4. The molecule has 0 unspecified atom stereocenters. The molecule has 2 aromatic carbocycles. The van der Waals surface area contributed by atoms with Crippen LogP contribution in [0, 0.1) is 6.92 Å². The lowest BCUT2D eigenvalue weighted by atomic mass is 10.0. The molecular formula is C18H16N2O4. The Labute approximate surface area is 138 Å². The summed E-state index contributed by atoms with van der Waals surface area (Å²) in [5.41, 5.74) is 0.913. The summed E-state index contributed by atoms with van der Waals surface area (Å²) in [5.74, 6) is -0.879. The lowest BCUT2D eigenvalue weighted by molar-refractivity contribution is 0.0691. The first-order valence-electron chi connectivity index (χ1n) is 7.51. The standard InChI is InChI=1S/C18H16N2O4/c1-11-8-14(24-20-11)6-7-19-17(21)15-9-12-4-2-3-5-13(12)10-16(15)18(22)23/h2-5,8-10H,6-7H2,1H3,(H,19,21)(H,22,23). The number of nitrogens with zero attached hydrogens (tertiary/aromatic N) is 1. The van der Waals surface area contributed by atoms with Crippen molar-refractivity contribution in [2.45, 2.75) is 13.3 Å². The van der Waals surface area contributed by atoms with E-state index in [0.29, 0.717) is 18.7 Å². The number of hydrogen-bond donors (Lipinski definition) is 2. The van der Waals surface area contributed by atoms with E-state index in [2.05, 4.69) is 10.5 Å². The van der Waals surface area contributed by atoms with E-state index in [1.54, 1.807) is 12.1 Å². The van der Waals surface area contributed by atoms with Crippen molar-refractivity contribution >= 4 is 22.6 Å². The fraction of sp³-hybridized carbons (Fsp3) is 0.167. The average molecular weight is 324 g/mol. The molecule has 1 heterocycles. The number of amides is 1. The second kappa shape index (κ2) is 6.54. The molecule has 0 saturated heterocycles. The molecule has 6 heteroatoms. The van der Waals surface area contributed by atoms with Crippen molar-refractivity contribution in [3.8, 4) is 0 Å². The van der Waals surface area contributed by atoms with Crippen molar-refractivity contribution in [2.75, 3.05) is 6.54 Å². The van der Waals surface area contributed by atoms with Gasteiger partial charge in [0.15, 0.2) is 0 Å². The van der Waals surface area contributed by atoms with Crippen LogP contribution in [0.25, 0.3) is 10.8 Å². The highest BCUT2D eigenvalue weighted by Crippen LogP contribution is 2.20. The topological polar surface area (TPSA) is 92.4 Å². The highest BCUT2D eigenvalue weighted by molar-refractivity contribution is 6.08. The maximum absolute atomic E-state index is 12.4. The van der Waals surface area contributed by atoms with E-state index in [9.17, 15) is 14.7 Å². The number of carbonyl (C=O) groups excluding carboxylic acids is 1. The van der Waals surface area contributed by atoms with Gasteiger partial charge in [-0.3, -0.25) is 4.79 Å². The second-order valence-corrected chi connectivity index (χ2v) is 5.49. The number of aromatic carboxylic acids is 1. The minimum Gasteiger partial charge on any atom is -0.478 e. The number of rotatable bonds is 5. The number of nitrogens with one attached hydrogen (secondary N) is 1. The molecule has 0 radical (unpaired) electrons. The first-order valence-corrected chi connectivity index (χ1v) is 7.51. The largest absolute Gasteiger partial charge is 0.478 e. The molecule has 24 heavy (non-hydrogen) atoms. The van der Waals surface area contributed by atoms with Crippen LogP contribution in [0.4, 0.5) is 0 Å². The van der Waals surface area contributed by atoms with E-state index < -0.39 is 11.9 Å². The summed E-state index contributed by atoms with van der Waals surface area (Å²) in [7, 11) is 0. The van der Waals surface area contributed by atoms with Crippen molar-refractivity contribution in [2.24, 2.45) is 0 Å². The molecule has 6 nitrogen and oxygen atoms in total. The molecule has 0 fully saturated rings. The quantitative estimate of drug-likeness (QED) is 0.753. The Bertz CT molecular complexity index is 914. The molecule has 3 aromatic rings. The highest BCUT2D eigenvalue weighted by atomic mass is 16.5. The van der Waals surface area contributed by atoms with Gasteiger partial charge in [0.1, 0.15) is 5.76 Å². The summed E-state index contributed by atoms with van der Waals surface area (Å²) in [5, 5.41) is 17.5. The van der Waals surface area contributed by atoms with Gasteiger partial charge in [-0.25, -0.2) is 4.79 Å². The fourth-order valence-electron chi connectivity index (χ4n) is 2.53. The molecule has 122 valence electrons. The third-order valence-corrected chi connectivity index (χ3v) is 3.69. The number of carboxylic acids is 1. The van der Waals surface area contributed by atoms with Crippen molar-refractivity contribution < 1.29 is 19.2 Å². The molecule has 0 aliphatic heterocycles. The third kappa shape index (κ3) is 3.27. The van der Waals surface area contributed by atoms with Gasteiger partial charge in [0.05, 0.1) is 16.8 Å². The van der Waals surface area contributed by atoms with E-state index in [1.807, 2.05) is 31.2 Å². The van der Waals surface area contributed by atoms with Crippen molar-refractivity contribution in [3.63, 3.8) is 0 Å². The van der Waals surface area contributed by atoms with Crippen LogP contribution in [-0.2, 0) is 6.42 Å². The van der Waals surface area contributed by atoms with Gasteiger partial charge in [-0.1, -0.05) is 29.4 Å². The zero-order valence-electron chi connectivity index (χ0n) is 13.1. The Hall–Kier alpha value is -3.15. The summed E-state index contributed by atoms with van der Waals surface area (Å²) in [4.78, 5) is 23.9. The summed E-state index contributed by atoms with van der Waals surface area (Å²) in [6.07, 6.45) is 0.489. The highest BCUT2D eigenvalue weighted by Gasteiger charge is 2.17. The van der Waals surface area contributed by atoms with Crippen LogP contribution in [0.15, 0.2) is 47.0 Å². The average Bonchev–Trinajstić information content (AvgIpc) is 2.98. The van der Waals surface area contributed by atoms with Gasteiger partial charge in [-0.05, 0) is 29.8 Å². The van der Waals surface area contributed by atoms with Gasteiger partial charge < -0.3 is 14.9 Å². The molecule has 0 atom stereocenters. The zero-order chi connectivity index (χ0) is 17.1.